The van der Waals surface area contributed by atoms with Gasteiger partial charge in [0.15, 0.2) is 0 Å². The van der Waals surface area contributed by atoms with Gasteiger partial charge in [-0.2, -0.15) is 0 Å². The molecule has 0 bridgehead atoms. The van der Waals surface area contributed by atoms with Crippen LogP contribution in [0.5, 0.6) is 0 Å². The van der Waals surface area contributed by atoms with Gasteiger partial charge in [0.25, 0.3) is 0 Å². The highest BCUT2D eigenvalue weighted by molar-refractivity contribution is 5.70. The quantitative estimate of drug-likeness (QED) is 0.605. The van der Waals surface area contributed by atoms with E-state index in [0.29, 0.717) is 11.8 Å². The summed E-state index contributed by atoms with van der Waals surface area (Å²) < 4.78 is 0. The number of hydrogen-bond donors (Lipinski definition) is 1. The topological polar surface area (TPSA) is 37.3 Å². The molecule has 0 saturated heterocycles. The summed E-state index contributed by atoms with van der Waals surface area (Å²) in [6.07, 6.45) is 1.95. The molecule has 2 heteroatoms. The molecule has 0 amide bonds. The zero-order valence-corrected chi connectivity index (χ0v) is 6.50. The summed E-state index contributed by atoms with van der Waals surface area (Å²) >= 11 is 0. The fraction of sp³-hybridized carbons (Fsp3) is 0.875. The van der Waals surface area contributed by atoms with E-state index in [9.17, 15) is 4.79 Å². The van der Waals surface area contributed by atoms with E-state index >= 15 is 0 Å². The molecule has 3 atom stereocenters. The predicted octanol–water partition coefficient (Wildman–Crippen LogP) is 1.75. The minimum atomic E-state index is -0.614. The Kier molecular flexibility index (Phi) is 1.97. The number of aliphatic carboxylic acids is 1. The number of hydrogen-bond acceptors (Lipinski definition) is 1. The molecule has 1 rings (SSSR count). The molecule has 2 nitrogen and oxygen atoms in total. The predicted molar refractivity (Wildman–Crippen MR) is 38.7 cm³/mol. The van der Waals surface area contributed by atoms with Gasteiger partial charge in [-0.25, -0.2) is 0 Å². The Morgan fingerprint density at radius 2 is 2.00 bits per heavy atom. The summed E-state index contributed by atoms with van der Waals surface area (Å²) in [5.41, 5.74) is 0. The number of carboxylic acids is 1. The largest absolute Gasteiger partial charge is 0.481 e. The van der Waals surface area contributed by atoms with Gasteiger partial charge >= 0.3 is 5.97 Å². The molecule has 1 unspecified atom stereocenters. The van der Waals surface area contributed by atoms with Crippen molar-refractivity contribution in [2.75, 3.05) is 0 Å². The molecular formula is C8H14O2. The molecule has 1 aliphatic carbocycles. The lowest BCUT2D eigenvalue weighted by molar-refractivity contribution is -0.142. The van der Waals surface area contributed by atoms with Crippen molar-refractivity contribution in [3.05, 3.63) is 0 Å². The van der Waals surface area contributed by atoms with Gasteiger partial charge in [-0.3, -0.25) is 4.79 Å². The van der Waals surface area contributed by atoms with Crippen molar-refractivity contribution in [3.63, 3.8) is 0 Å². The smallest absolute Gasteiger partial charge is 0.306 e. The molecule has 1 saturated carbocycles. The maximum absolute atomic E-state index is 10.6. The van der Waals surface area contributed by atoms with E-state index in [1.54, 1.807) is 0 Å². The van der Waals surface area contributed by atoms with Gasteiger partial charge in [0.2, 0.25) is 0 Å². The highest BCUT2D eigenvalue weighted by Crippen LogP contribution is 2.35. The highest BCUT2D eigenvalue weighted by atomic mass is 16.4. The Balaban J connectivity index is 2.54. The summed E-state index contributed by atoms with van der Waals surface area (Å²) in [7, 11) is 0. The molecule has 0 spiro atoms. The second-order valence-electron chi connectivity index (χ2n) is 3.50. The van der Waals surface area contributed by atoms with Crippen LogP contribution in [0.25, 0.3) is 0 Å². The van der Waals surface area contributed by atoms with E-state index < -0.39 is 5.97 Å². The molecule has 0 aromatic rings. The van der Waals surface area contributed by atoms with Gasteiger partial charge in [-0.05, 0) is 24.7 Å². The second kappa shape index (κ2) is 2.60. The van der Waals surface area contributed by atoms with E-state index in [0.717, 1.165) is 12.8 Å². The molecular weight excluding hydrogens is 128 g/mol. The minimum Gasteiger partial charge on any atom is -0.481 e. The normalized spacial score (nSPS) is 40.0. The maximum atomic E-state index is 10.6. The van der Waals surface area contributed by atoms with Crippen molar-refractivity contribution in [1.29, 1.82) is 0 Å². The molecule has 58 valence electrons. The second-order valence-corrected chi connectivity index (χ2v) is 3.50. The molecule has 1 aliphatic rings. The van der Waals surface area contributed by atoms with E-state index in [4.69, 9.17) is 5.11 Å². The van der Waals surface area contributed by atoms with Crippen molar-refractivity contribution in [3.8, 4) is 0 Å². The summed E-state index contributed by atoms with van der Waals surface area (Å²) in [4.78, 5) is 10.6. The lowest BCUT2D eigenvalue weighted by Gasteiger charge is -2.07. The van der Waals surface area contributed by atoms with Gasteiger partial charge < -0.3 is 5.11 Å². The van der Waals surface area contributed by atoms with Crippen LogP contribution in [0.3, 0.4) is 0 Å². The van der Waals surface area contributed by atoms with Crippen molar-refractivity contribution in [2.24, 2.45) is 17.8 Å². The fourth-order valence-electron chi connectivity index (χ4n) is 1.91. The van der Waals surface area contributed by atoms with Crippen molar-refractivity contribution >= 4 is 5.97 Å². The molecule has 1 N–H and O–H groups in total. The molecule has 0 aliphatic heterocycles. The lowest BCUT2D eigenvalue weighted by Crippen LogP contribution is -2.15. The molecule has 10 heavy (non-hydrogen) atoms. The maximum Gasteiger partial charge on any atom is 0.306 e. The SMILES string of the molecule is CC1C[C@@H](C)[C@H](C(=O)O)C1. The van der Waals surface area contributed by atoms with Crippen LogP contribution >= 0.6 is 0 Å². The van der Waals surface area contributed by atoms with Crippen molar-refractivity contribution in [1.82, 2.24) is 0 Å². The fourth-order valence-corrected chi connectivity index (χ4v) is 1.91. The minimum absolute atomic E-state index is 0.0741. The van der Waals surface area contributed by atoms with Gasteiger partial charge in [0, 0.05) is 0 Å². The first-order valence-corrected chi connectivity index (χ1v) is 3.84. The first-order chi connectivity index (χ1) is 4.61. The Labute approximate surface area is 61.2 Å². The van der Waals surface area contributed by atoms with Crippen LogP contribution in [-0.4, -0.2) is 11.1 Å². The van der Waals surface area contributed by atoms with Gasteiger partial charge in [0.1, 0.15) is 0 Å². The average Bonchev–Trinajstić information content (AvgIpc) is 2.10. The molecule has 0 heterocycles. The molecule has 1 fully saturated rings. The van der Waals surface area contributed by atoms with E-state index in [2.05, 4.69) is 6.92 Å². The monoisotopic (exact) mass is 142 g/mol. The first kappa shape index (κ1) is 7.58. The number of carboxylic acid groups (broad SMARTS) is 1. The van der Waals surface area contributed by atoms with Crippen LogP contribution in [0.4, 0.5) is 0 Å². The Morgan fingerprint density at radius 3 is 2.20 bits per heavy atom. The third kappa shape index (κ3) is 1.31. The van der Waals surface area contributed by atoms with Gasteiger partial charge in [-0.15, -0.1) is 0 Å². The summed E-state index contributed by atoms with van der Waals surface area (Å²) in [5, 5.41) is 8.70. The standard InChI is InChI=1S/C8H14O2/c1-5-3-6(2)7(4-5)8(9)10/h5-7H,3-4H2,1-2H3,(H,9,10)/t5?,6-,7-/m1/s1. The van der Waals surface area contributed by atoms with Gasteiger partial charge in [-0.1, -0.05) is 13.8 Å². The zero-order valence-electron chi connectivity index (χ0n) is 6.50. The average molecular weight is 142 g/mol. The van der Waals surface area contributed by atoms with E-state index in [1.165, 1.54) is 0 Å². The number of rotatable bonds is 1. The van der Waals surface area contributed by atoms with Crippen LogP contribution in [0.2, 0.25) is 0 Å². The van der Waals surface area contributed by atoms with Gasteiger partial charge in [0.05, 0.1) is 5.92 Å². The van der Waals surface area contributed by atoms with Crippen molar-refractivity contribution < 1.29 is 9.90 Å². The first-order valence-electron chi connectivity index (χ1n) is 3.84. The van der Waals surface area contributed by atoms with E-state index in [-0.39, 0.29) is 5.92 Å². The summed E-state index contributed by atoms with van der Waals surface area (Å²) in [5.74, 6) is 0.301. The number of carbonyl (C=O) groups is 1. The van der Waals surface area contributed by atoms with Crippen LogP contribution in [0.1, 0.15) is 26.7 Å². The van der Waals surface area contributed by atoms with Crippen LogP contribution in [-0.2, 0) is 4.79 Å². The van der Waals surface area contributed by atoms with Crippen LogP contribution < -0.4 is 0 Å². The third-order valence-electron chi connectivity index (χ3n) is 2.43. The summed E-state index contributed by atoms with van der Waals surface area (Å²) in [6, 6.07) is 0. The molecule has 0 aromatic heterocycles. The summed E-state index contributed by atoms with van der Waals surface area (Å²) in [6.45, 7) is 4.15. The highest BCUT2D eigenvalue weighted by Gasteiger charge is 2.33. The molecule has 0 aromatic carbocycles. The van der Waals surface area contributed by atoms with Crippen molar-refractivity contribution in [2.45, 2.75) is 26.7 Å². The molecule has 0 radical (unpaired) electrons. The zero-order chi connectivity index (χ0) is 7.72. The lowest BCUT2D eigenvalue weighted by atomic mass is 9.99. The van der Waals surface area contributed by atoms with Crippen LogP contribution in [0, 0.1) is 17.8 Å². The van der Waals surface area contributed by atoms with E-state index in [1.807, 2.05) is 6.92 Å². The van der Waals surface area contributed by atoms with Crippen LogP contribution in [0.15, 0.2) is 0 Å². The Bertz CT molecular complexity index is 142. The third-order valence-corrected chi connectivity index (χ3v) is 2.43. The Hall–Kier alpha value is -0.530. The Morgan fingerprint density at radius 1 is 1.40 bits per heavy atom.